The molecule has 0 nitrogen and oxygen atoms in total. The van der Waals surface area contributed by atoms with Crippen molar-refractivity contribution in [2.45, 2.75) is 0 Å². The Kier molecular flexibility index (Phi) is 6.60. The molecule has 0 saturated carbocycles. The first-order chi connectivity index (χ1) is 24.8. The third-order valence-corrected chi connectivity index (χ3v) is 10.4. The van der Waals surface area contributed by atoms with E-state index in [-0.39, 0.29) is 0 Å². The summed E-state index contributed by atoms with van der Waals surface area (Å²) in [6.45, 7) is 0. The molecule has 0 heteroatoms. The Hall–Kier alpha value is -6.50. The fourth-order valence-electron chi connectivity index (χ4n) is 8.27. The van der Waals surface area contributed by atoms with Crippen LogP contribution in [0.3, 0.4) is 0 Å². The maximum absolute atomic E-state index is 2.38. The van der Waals surface area contributed by atoms with Crippen LogP contribution in [0, 0.1) is 0 Å². The lowest BCUT2D eigenvalue weighted by Gasteiger charge is -2.19. The first-order valence-electron chi connectivity index (χ1n) is 17.4. The predicted molar refractivity (Wildman–Crippen MR) is 216 cm³/mol. The molecule has 0 aromatic heterocycles. The third kappa shape index (κ3) is 4.46. The van der Waals surface area contributed by atoms with Crippen molar-refractivity contribution in [3.05, 3.63) is 194 Å². The van der Waals surface area contributed by atoms with Crippen molar-refractivity contribution in [1.29, 1.82) is 0 Å². The van der Waals surface area contributed by atoms with Gasteiger partial charge in [-0.1, -0.05) is 182 Å². The van der Waals surface area contributed by atoms with Gasteiger partial charge in [-0.3, -0.25) is 0 Å². The number of rotatable bonds is 4. The molecule has 50 heavy (non-hydrogen) atoms. The minimum Gasteiger partial charge on any atom is -0.0622 e. The molecule has 0 bridgehead atoms. The fourth-order valence-corrected chi connectivity index (χ4v) is 8.27. The van der Waals surface area contributed by atoms with Gasteiger partial charge in [0.25, 0.3) is 0 Å². The molecular weight excluding hydrogens is 601 g/mol. The summed E-state index contributed by atoms with van der Waals surface area (Å²) in [5.74, 6) is 0. The van der Waals surface area contributed by atoms with Crippen LogP contribution >= 0.6 is 0 Å². The summed E-state index contributed by atoms with van der Waals surface area (Å²) in [6, 6.07) is 71.2. The molecule has 0 fully saturated rings. The minimum atomic E-state index is 1.24. The van der Waals surface area contributed by atoms with Gasteiger partial charge in [0.05, 0.1) is 0 Å². The van der Waals surface area contributed by atoms with E-state index in [0.717, 1.165) is 0 Å². The number of hydrogen-bond donors (Lipinski definition) is 0. The van der Waals surface area contributed by atoms with Crippen molar-refractivity contribution >= 4 is 53.9 Å². The molecule has 10 aromatic carbocycles. The lowest BCUT2D eigenvalue weighted by atomic mass is 9.84. The van der Waals surface area contributed by atoms with Gasteiger partial charge >= 0.3 is 0 Å². The van der Waals surface area contributed by atoms with Gasteiger partial charge in [0.1, 0.15) is 0 Å². The Bertz CT molecular complexity index is 2580. The summed E-state index contributed by atoms with van der Waals surface area (Å²) < 4.78 is 0. The molecule has 0 radical (unpaired) electrons. The first kappa shape index (κ1) is 28.5. The minimum absolute atomic E-state index is 1.24. The van der Waals surface area contributed by atoms with Crippen LogP contribution < -0.4 is 0 Å². The average molecular weight is 633 g/mol. The Balaban J connectivity index is 1.18. The summed E-state index contributed by atoms with van der Waals surface area (Å²) in [7, 11) is 0. The van der Waals surface area contributed by atoms with Crippen LogP contribution in [-0.4, -0.2) is 0 Å². The van der Waals surface area contributed by atoms with Crippen molar-refractivity contribution < 1.29 is 0 Å². The molecule has 0 heterocycles. The quantitative estimate of drug-likeness (QED) is 0.169. The summed E-state index contributed by atoms with van der Waals surface area (Å²) >= 11 is 0. The number of hydrogen-bond acceptors (Lipinski definition) is 0. The van der Waals surface area contributed by atoms with E-state index in [1.165, 1.54) is 98.4 Å². The summed E-state index contributed by atoms with van der Waals surface area (Å²) in [4.78, 5) is 0. The standard InChI is InChI=1S/C50H32/c1-3-15-33(16-4-1)47-39-19-7-11-23-43(39)49(44-24-12-8-20-40(44)47)37-29-27-36-32-38(30-28-35(36)31-37)50-45-25-13-9-21-41(45)48(34-17-5-2-6-18-34)42-22-10-14-26-46(42)50/h1-32H. The van der Waals surface area contributed by atoms with E-state index in [0.29, 0.717) is 0 Å². The highest BCUT2D eigenvalue weighted by Crippen LogP contribution is 2.46. The van der Waals surface area contributed by atoms with Crippen molar-refractivity contribution in [2.24, 2.45) is 0 Å². The molecular formula is C50H32. The maximum atomic E-state index is 2.38. The van der Waals surface area contributed by atoms with Crippen LogP contribution in [0.4, 0.5) is 0 Å². The van der Waals surface area contributed by atoms with Gasteiger partial charge < -0.3 is 0 Å². The summed E-state index contributed by atoms with van der Waals surface area (Å²) in [6.07, 6.45) is 0. The van der Waals surface area contributed by atoms with Crippen molar-refractivity contribution in [2.75, 3.05) is 0 Å². The zero-order chi connectivity index (χ0) is 33.0. The summed E-state index contributed by atoms with van der Waals surface area (Å²) in [5, 5.41) is 12.7. The van der Waals surface area contributed by atoms with E-state index in [9.17, 15) is 0 Å². The molecule has 0 spiro atoms. The molecule has 0 saturated heterocycles. The average Bonchev–Trinajstić information content (AvgIpc) is 3.19. The van der Waals surface area contributed by atoms with Gasteiger partial charge in [-0.25, -0.2) is 0 Å². The topological polar surface area (TPSA) is 0 Å². The molecule has 232 valence electrons. The van der Waals surface area contributed by atoms with Crippen LogP contribution in [0.15, 0.2) is 194 Å². The summed E-state index contributed by atoms with van der Waals surface area (Å²) in [5.41, 5.74) is 10.1. The highest BCUT2D eigenvalue weighted by molar-refractivity contribution is 6.23. The molecule has 0 atom stereocenters. The maximum Gasteiger partial charge on any atom is -0.00262 e. The lowest BCUT2D eigenvalue weighted by Crippen LogP contribution is -1.91. The van der Waals surface area contributed by atoms with Gasteiger partial charge in [0.15, 0.2) is 0 Å². The lowest BCUT2D eigenvalue weighted by molar-refractivity contribution is 1.65. The molecule has 10 rings (SSSR count). The highest BCUT2D eigenvalue weighted by atomic mass is 14.2. The Morgan fingerprint density at radius 3 is 0.700 bits per heavy atom. The third-order valence-electron chi connectivity index (χ3n) is 10.4. The molecule has 10 aromatic rings. The molecule has 0 unspecified atom stereocenters. The monoisotopic (exact) mass is 632 g/mol. The smallest absolute Gasteiger partial charge is 0.00262 e. The van der Waals surface area contributed by atoms with Crippen LogP contribution in [-0.2, 0) is 0 Å². The predicted octanol–water partition coefficient (Wildman–Crippen LogP) is 14.1. The highest BCUT2D eigenvalue weighted by Gasteiger charge is 2.18. The van der Waals surface area contributed by atoms with Crippen molar-refractivity contribution in [3.8, 4) is 44.5 Å². The Morgan fingerprint density at radius 1 is 0.180 bits per heavy atom. The zero-order valence-electron chi connectivity index (χ0n) is 27.5. The van der Waals surface area contributed by atoms with Crippen LogP contribution in [0.5, 0.6) is 0 Å². The molecule has 0 aliphatic carbocycles. The van der Waals surface area contributed by atoms with Gasteiger partial charge in [-0.15, -0.1) is 0 Å². The van der Waals surface area contributed by atoms with E-state index >= 15 is 0 Å². The largest absolute Gasteiger partial charge is 0.0622 e. The Morgan fingerprint density at radius 2 is 0.420 bits per heavy atom. The van der Waals surface area contributed by atoms with Gasteiger partial charge in [0.2, 0.25) is 0 Å². The van der Waals surface area contributed by atoms with Crippen LogP contribution in [0.25, 0.3) is 98.4 Å². The van der Waals surface area contributed by atoms with Gasteiger partial charge in [-0.2, -0.15) is 0 Å². The number of fused-ring (bicyclic) bond motifs is 5. The van der Waals surface area contributed by atoms with Crippen molar-refractivity contribution in [3.63, 3.8) is 0 Å². The fraction of sp³-hybridized carbons (Fsp3) is 0. The first-order valence-corrected chi connectivity index (χ1v) is 17.4. The molecule has 0 N–H and O–H groups in total. The molecule has 0 aliphatic heterocycles. The molecule has 0 aliphatic rings. The molecule has 0 amide bonds. The van der Waals surface area contributed by atoms with Crippen molar-refractivity contribution in [1.82, 2.24) is 0 Å². The van der Waals surface area contributed by atoms with E-state index in [2.05, 4.69) is 194 Å². The zero-order valence-corrected chi connectivity index (χ0v) is 27.5. The Labute approximate surface area is 291 Å². The van der Waals surface area contributed by atoms with E-state index in [4.69, 9.17) is 0 Å². The second kappa shape index (κ2) is 11.6. The SMILES string of the molecule is c1ccc(-c2c3ccccc3c(-c3ccc4cc(-c5c6ccccc6c(-c6ccccc6)c6ccccc56)ccc4c3)c3ccccc23)cc1. The van der Waals surface area contributed by atoms with Gasteiger partial charge in [-0.05, 0) is 111 Å². The van der Waals surface area contributed by atoms with E-state index in [1.54, 1.807) is 0 Å². The van der Waals surface area contributed by atoms with Crippen LogP contribution in [0.2, 0.25) is 0 Å². The van der Waals surface area contributed by atoms with Crippen LogP contribution in [0.1, 0.15) is 0 Å². The second-order valence-corrected chi connectivity index (χ2v) is 13.2. The van der Waals surface area contributed by atoms with E-state index in [1.807, 2.05) is 0 Å². The number of benzene rings is 10. The second-order valence-electron chi connectivity index (χ2n) is 13.2. The van der Waals surface area contributed by atoms with Gasteiger partial charge in [0, 0.05) is 0 Å². The normalized spacial score (nSPS) is 11.6. The van der Waals surface area contributed by atoms with E-state index < -0.39 is 0 Å².